The third kappa shape index (κ3) is 3.93. The maximum Gasteiger partial charge on any atom is 0.225 e. The van der Waals surface area contributed by atoms with Crippen molar-refractivity contribution in [1.29, 1.82) is 0 Å². The molecule has 134 valence electrons. The zero-order chi connectivity index (χ0) is 18.7. The molecule has 0 aliphatic heterocycles. The molecule has 0 unspecified atom stereocenters. The first kappa shape index (κ1) is 17.7. The molecule has 26 heavy (non-hydrogen) atoms. The zero-order valence-electron chi connectivity index (χ0n) is 13.9. The van der Waals surface area contributed by atoms with Crippen molar-refractivity contribution in [3.8, 4) is 0 Å². The van der Waals surface area contributed by atoms with E-state index in [1.807, 2.05) is 0 Å². The zero-order valence-corrected chi connectivity index (χ0v) is 13.9. The lowest BCUT2D eigenvalue weighted by atomic mass is 10.0. The van der Waals surface area contributed by atoms with E-state index in [-0.39, 0.29) is 18.1 Å². The molecule has 1 atom stereocenters. The molecule has 1 aromatic heterocycles. The normalized spacial score (nSPS) is 12.0. The Labute approximate surface area is 148 Å². The Morgan fingerprint density at radius 2 is 1.85 bits per heavy atom. The van der Waals surface area contributed by atoms with Gasteiger partial charge >= 0.3 is 0 Å². The van der Waals surface area contributed by atoms with Crippen LogP contribution in [-0.2, 0) is 18.3 Å². The first-order valence-electron chi connectivity index (χ1n) is 7.90. The number of carbonyl (C=O) groups is 1. The number of carbonyl (C=O) groups excluding carboxylic acids is 1. The van der Waals surface area contributed by atoms with E-state index in [4.69, 9.17) is 0 Å². The van der Waals surface area contributed by atoms with Gasteiger partial charge in [0.1, 0.15) is 17.7 Å². The Morgan fingerprint density at radius 1 is 1.12 bits per heavy atom. The number of aromatic nitrogens is 2. The van der Waals surface area contributed by atoms with Crippen LogP contribution in [0, 0.1) is 17.5 Å². The highest BCUT2D eigenvalue weighted by Gasteiger charge is 2.22. The van der Waals surface area contributed by atoms with E-state index in [2.05, 4.69) is 10.3 Å². The van der Waals surface area contributed by atoms with Crippen LogP contribution in [-0.4, -0.2) is 15.5 Å². The number of imidazole rings is 1. The van der Waals surface area contributed by atoms with Gasteiger partial charge in [0.15, 0.2) is 11.6 Å². The van der Waals surface area contributed by atoms with E-state index in [1.165, 1.54) is 30.3 Å². The minimum atomic E-state index is -1.01. The average molecular weight is 359 g/mol. The van der Waals surface area contributed by atoms with Crippen molar-refractivity contribution < 1.29 is 18.0 Å². The van der Waals surface area contributed by atoms with Gasteiger partial charge in [0.05, 0.1) is 6.42 Å². The summed E-state index contributed by atoms with van der Waals surface area (Å²) in [6.45, 7) is 0. The predicted molar refractivity (Wildman–Crippen MR) is 89.7 cm³/mol. The summed E-state index contributed by atoms with van der Waals surface area (Å²) in [5.41, 5.74) is 0.999. The molecule has 0 spiro atoms. The number of nitrogens with one attached hydrogen (secondary N) is 1. The number of rotatable bonds is 5. The van der Waals surface area contributed by atoms with Crippen LogP contribution in [0.25, 0.3) is 0 Å². The van der Waals surface area contributed by atoms with Crippen LogP contribution in [0.5, 0.6) is 0 Å². The highest BCUT2D eigenvalue weighted by Crippen LogP contribution is 2.22. The number of hydrogen-bond acceptors (Lipinski definition) is 2. The van der Waals surface area contributed by atoms with Crippen LogP contribution in [0.2, 0.25) is 0 Å². The van der Waals surface area contributed by atoms with E-state index >= 15 is 0 Å². The van der Waals surface area contributed by atoms with Gasteiger partial charge in [-0.1, -0.05) is 18.2 Å². The lowest BCUT2D eigenvalue weighted by Gasteiger charge is -2.19. The van der Waals surface area contributed by atoms with Gasteiger partial charge in [-0.15, -0.1) is 0 Å². The monoisotopic (exact) mass is 359 g/mol. The van der Waals surface area contributed by atoms with Crippen molar-refractivity contribution in [3.05, 3.63) is 89.3 Å². The van der Waals surface area contributed by atoms with Crippen LogP contribution in [0.4, 0.5) is 13.2 Å². The molecule has 4 nitrogen and oxygen atoms in total. The summed E-state index contributed by atoms with van der Waals surface area (Å²) in [7, 11) is 1.74. The fourth-order valence-electron chi connectivity index (χ4n) is 2.64. The molecule has 0 saturated heterocycles. The lowest BCUT2D eigenvalue weighted by Crippen LogP contribution is -2.32. The molecule has 1 heterocycles. The number of benzene rings is 2. The maximum atomic E-state index is 13.7. The molecule has 0 radical (unpaired) electrons. The molecule has 2 aromatic carbocycles. The minimum absolute atomic E-state index is 0.0187. The van der Waals surface area contributed by atoms with Crippen molar-refractivity contribution >= 4 is 5.91 Å². The smallest absolute Gasteiger partial charge is 0.225 e. The number of nitrogens with zero attached hydrogens (tertiary/aromatic N) is 2. The quantitative estimate of drug-likeness (QED) is 0.760. The molecule has 1 N–H and O–H groups in total. The third-order valence-electron chi connectivity index (χ3n) is 3.98. The number of halogens is 3. The SMILES string of the molecule is Cn1ccnc1[C@H](NC(=O)Cc1ccc(F)cc1)c1ccc(F)c(F)c1. The van der Waals surface area contributed by atoms with Crippen molar-refractivity contribution in [2.75, 3.05) is 0 Å². The maximum absolute atomic E-state index is 13.7. The Hall–Kier alpha value is -3.09. The van der Waals surface area contributed by atoms with Gasteiger partial charge in [-0.2, -0.15) is 0 Å². The molecular formula is C19H16F3N3O. The van der Waals surface area contributed by atoms with Gasteiger partial charge in [0, 0.05) is 19.4 Å². The van der Waals surface area contributed by atoms with Gasteiger partial charge < -0.3 is 9.88 Å². The second kappa shape index (κ2) is 7.43. The van der Waals surface area contributed by atoms with Crippen molar-refractivity contribution in [1.82, 2.24) is 14.9 Å². The largest absolute Gasteiger partial charge is 0.342 e. The van der Waals surface area contributed by atoms with E-state index < -0.39 is 17.7 Å². The van der Waals surface area contributed by atoms with E-state index in [9.17, 15) is 18.0 Å². The summed E-state index contributed by atoms with van der Waals surface area (Å²) in [4.78, 5) is 16.6. The summed E-state index contributed by atoms with van der Waals surface area (Å²) in [6, 6.07) is 8.26. The Bertz CT molecular complexity index is 922. The van der Waals surface area contributed by atoms with Crippen molar-refractivity contribution in [3.63, 3.8) is 0 Å². The molecular weight excluding hydrogens is 343 g/mol. The second-order valence-electron chi connectivity index (χ2n) is 5.87. The predicted octanol–water partition coefficient (Wildman–Crippen LogP) is 3.29. The highest BCUT2D eigenvalue weighted by molar-refractivity contribution is 5.79. The first-order chi connectivity index (χ1) is 12.4. The molecule has 3 aromatic rings. The van der Waals surface area contributed by atoms with Gasteiger partial charge in [0.25, 0.3) is 0 Å². The van der Waals surface area contributed by atoms with E-state index in [0.717, 1.165) is 12.1 Å². The van der Waals surface area contributed by atoms with Gasteiger partial charge in [-0.05, 0) is 35.4 Å². The van der Waals surface area contributed by atoms with Crippen molar-refractivity contribution in [2.24, 2.45) is 7.05 Å². The minimum Gasteiger partial charge on any atom is -0.342 e. The Morgan fingerprint density at radius 3 is 2.46 bits per heavy atom. The lowest BCUT2D eigenvalue weighted by molar-refractivity contribution is -0.121. The Balaban J connectivity index is 1.86. The topological polar surface area (TPSA) is 46.9 Å². The number of hydrogen-bond donors (Lipinski definition) is 1. The average Bonchev–Trinajstić information content (AvgIpc) is 3.03. The molecule has 7 heteroatoms. The standard InChI is InChI=1S/C19H16F3N3O/c1-25-9-8-23-19(25)18(13-4-7-15(21)16(22)11-13)24-17(26)10-12-2-5-14(20)6-3-12/h2-9,11,18H,10H2,1H3,(H,24,26)/t18-/m1/s1. The van der Waals surface area contributed by atoms with Crippen LogP contribution < -0.4 is 5.32 Å². The van der Waals surface area contributed by atoms with Crippen LogP contribution >= 0.6 is 0 Å². The summed E-state index contributed by atoms with van der Waals surface area (Å²) in [5, 5.41) is 2.78. The fraction of sp³-hybridized carbons (Fsp3) is 0.158. The summed E-state index contributed by atoms with van der Waals surface area (Å²) in [6.07, 6.45) is 3.26. The van der Waals surface area contributed by atoms with Crippen LogP contribution in [0.3, 0.4) is 0 Å². The summed E-state index contributed by atoms with van der Waals surface area (Å²) < 4.78 is 41.6. The van der Waals surface area contributed by atoms with Crippen molar-refractivity contribution in [2.45, 2.75) is 12.5 Å². The molecule has 0 aliphatic rings. The van der Waals surface area contributed by atoms with E-state index in [1.54, 1.807) is 24.0 Å². The molecule has 3 rings (SSSR count). The third-order valence-corrected chi connectivity index (χ3v) is 3.98. The number of amides is 1. The first-order valence-corrected chi connectivity index (χ1v) is 7.90. The van der Waals surface area contributed by atoms with Gasteiger partial charge in [-0.25, -0.2) is 18.2 Å². The van der Waals surface area contributed by atoms with Crippen LogP contribution in [0.15, 0.2) is 54.9 Å². The fourth-order valence-corrected chi connectivity index (χ4v) is 2.64. The van der Waals surface area contributed by atoms with Crippen LogP contribution in [0.1, 0.15) is 23.0 Å². The summed E-state index contributed by atoms with van der Waals surface area (Å²) in [5.74, 6) is -2.24. The highest BCUT2D eigenvalue weighted by atomic mass is 19.2. The molecule has 0 bridgehead atoms. The van der Waals surface area contributed by atoms with Gasteiger partial charge in [0.2, 0.25) is 5.91 Å². The number of aryl methyl sites for hydroxylation is 1. The molecule has 0 fully saturated rings. The summed E-state index contributed by atoms with van der Waals surface area (Å²) >= 11 is 0. The molecule has 0 saturated carbocycles. The Kier molecular flexibility index (Phi) is 5.06. The molecule has 1 amide bonds. The molecule has 0 aliphatic carbocycles. The second-order valence-corrected chi connectivity index (χ2v) is 5.87. The van der Waals surface area contributed by atoms with E-state index in [0.29, 0.717) is 17.0 Å². The van der Waals surface area contributed by atoms with Gasteiger partial charge in [-0.3, -0.25) is 4.79 Å².